The molecule has 5 nitrogen and oxygen atoms in total. The van der Waals surface area contributed by atoms with Crippen molar-refractivity contribution in [2.24, 2.45) is 0 Å². The Hall–Kier alpha value is -2.39. The van der Waals surface area contributed by atoms with E-state index in [1.165, 1.54) is 11.3 Å². The highest BCUT2D eigenvalue weighted by atomic mass is 32.1. The molecule has 0 saturated heterocycles. The van der Waals surface area contributed by atoms with Crippen LogP contribution in [0.25, 0.3) is 16.2 Å². The highest BCUT2D eigenvalue weighted by Crippen LogP contribution is 2.32. The lowest BCUT2D eigenvalue weighted by molar-refractivity contribution is 0.412. The van der Waals surface area contributed by atoms with Crippen molar-refractivity contribution < 1.29 is 4.74 Å². The first kappa shape index (κ1) is 15.5. The first-order valence-corrected chi connectivity index (χ1v) is 8.12. The summed E-state index contributed by atoms with van der Waals surface area (Å²) < 4.78 is 6.94. The Morgan fingerprint density at radius 3 is 2.61 bits per heavy atom. The summed E-state index contributed by atoms with van der Waals surface area (Å²) in [5.74, 6) is 0.821. The molecule has 0 aliphatic carbocycles. The molecular weight excluding hydrogens is 308 g/mol. The van der Waals surface area contributed by atoms with Gasteiger partial charge in [0, 0.05) is 11.0 Å². The van der Waals surface area contributed by atoms with Crippen molar-refractivity contribution in [1.82, 2.24) is 14.6 Å². The number of hydrogen-bond acceptors (Lipinski definition) is 5. The van der Waals surface area contributed by atoms with Crippen LogP contribution in [-0.2, 0) is 5.41 Å². The maximum atomic E-state index is 9.58. The predicted molar refractivity (Wildman–Crippen MR) is 91.0 cm³/mol. The molecule has 1 aromatic carbocycles. The minimum absolute atomic E-state index is 0.0606. The molecule has 0 fully saturated rings. The van der Waals surface area contributed by atoms with Crippen LogP contribution in [0, 0.1) is 18.3 Å². The lowest BCUT2D eigenvalue weighted by atomic mass is 9.98. The molecule has 0 aliphatic heterocycles. The van der Waals surface area contributed by atoms with E-state index in [1.807, 2.05) is 25.1 Å². The van der Waals surface area contributed by atoms with E-state index in [9.17, 15) is 5.26 Å². The van der Waals surface area contributed by atoms with Gasteiger partial charge < -0.3 is 4.74 Å². The van der Waals surface area contributed by atoms with Gasteiger partial charge in [-0.1, -0.05) is 32.1 Å². The third-order valence-corrected chi connectivity index (χ3v) is 4.95. The van der Waals surface area contributed by atoms with Crippen LogP contribution < -0.4 is 4.74 Å². The Balaban J connectivity index is 2.17. The van der Waals surface area contributed by atoms with Gasteiger partial charge in [0.15, 0.2) is 5.69 Å². The van der Waals surface area contributed by atoms with Crippen molar-refractivity contribution in [3.63, 3.8) is 0 Å². The number of aromatic nitrogens is 3. The average Bonchev–Trinajstić information content (AvgIpc) is 3.03. The number of ether oxygens (including phenoxy) is 1. The third-order valence-electron chi connectivity index (χ3n) is 3.62. The van der Waals surface area contributed by atoms with Crippen LogP contribution in [0.3, 0.4) is 0 Å². The molecule has 3 rings (SSSR count). The van der Waals surface area contributed by atoms with E-state index in [4.69, 9.17) is 4.74 Å². The molecule has 118 valence electrons. The molecule has 0 aliphatic rings. The number of methoxy groups -OCH3 is 1. The van der Waals surface area contributed by atoms with Crippen LogP contribution in [0.4, 0.5) is 0 Å². The van der Waals surface area contributed by atoms with Crippen LogP contribution in [0.5, 0.6) is 5.75 Å². The van der Waals surface area contributed by atoms with E-state index in [2.05, 4.69) is 36.9 Å². The summed E-state index contributed by atoms with van der Waals surface area (Å²) in [6.07, 6.45) is 0. The van der Waals surface area contributed by atoms with Crippen LogP contribution in [0.15, 0.2) is 18.2 Å². The Labute approximate surface area is 139 Å². The van der Waals surface area contributed by atoms with Gasteiger partial charge in [0.25, 0.3) is 0 Å². The maximum Gasteiger partial charge on any atom is 0.214 e. The summed E-state index contributed by atoms with van der Waals surface area (Å²) in [5.41, 5.74) is 2.98. The summed E-state index contributed by atoms with van der Waals surface area (Å²) in [5, 5.41) is 15.1. The van der Waals surface area contributed by atoms with Crippen molar-refractivity contribution in [3.05, 3.63) is 34.5 Å². The molecule has 0 spiro atoms. The first-order valence-electron chi connectivity index (χ1n) is 7.30. The van der Waals surface area contributed by atoms with Crippen molar-refractivity contribution in [3.8, 4) is 23.1 Å². The molecule has 0 unspecified atom stereocenters. The van der Waals surface area contributed by atoms with Crippen LogP contribution in [0.2, 0.25) is 0 Å². The minimum Gasteiger partial charge on any atom is -0.496 e. The summed E-state index contributed by atoms with van der Waals surface area (Å²) >= 11 is 1.53. The van der Waals surface area contributed by atoms with Gasteiger partial charge in [0.05, 0.1) is 7.11 Å². The van der Waals surface area contributed by atoms with E-state index in [-0.39, 0.29) is 5.41 Å². The molecule has 3 aromatic rings. The highest BCUT2D eigenvalue weighted by molar-refractivity contribution is 7.16. The zero-order valence-corrected chi connectivity index (χ0v) is 14.7. The van der Waals surface area contributed by atoms with Gasteiger partial charge in [-0.25, -0.2) is 4.98 Å². The molecule has 0 atom stereocenters. The van der Waals surface area contributed by atoms with Crippen molar-refractivity contribution in [1.29, 1.82) is 5.26 Å². The average molecular weight is 326 g/mol. The fraction of sp³-hybridized carbons (Fsp3) is 0.353. The highest BCUT2D eigenvalue weighted by Gasteiger charge is 2.23. The molecule has 23 heavy (non-hydrogen) atoms. The van der Waals surface area contributed by atoms with E-state index < -0.39 is 0 Å². The molecule has 0 radical (unpaired) electrons. The van der Waals surface area contributed by atoms with Gasteiger partial charge >= 0.3 is 0 Å². The third kappa shape index (κ3) is 2.57. The van der Waals surface area contributed by atoms with Gasteiger partial charge in [-0.05, 0) is 30.7 Å². The summed E-state index contributed by atoms with van der Waals surface area (Å²) in [6.45, 7) is 8.28. The molecule has 0 bridgehead atoms. The normalized spacial score (nSPS) is 11.7. The van der Waals surface area contributed by atoms with Gasteiger partial charge in [-0.15, -0.1) is 0 Å². The molecule has 0 N–H and O–H groups in total. The zero-order valence-electron chi connectivity index (χ0n) is 13.8. The Kier molecular flexibility index (Phi) is 3.61. The Morgan fingerprint density at radius 2 is 2.04 bits per heavy atom. The van der Waals surface area contributed by atoms with Crippen molar-refractivity contribution >= 4 is 16.3 Å². The second-order valence-corrected chi connectivity index (χ2v) is 7.41. The summed E-state index contributed by atoms with van der Waals surface area (Å²) in [4.78, 5) is 5.39. The molecule has 2 aromatic heterocycles. The lowest BCUT2D eigenvalue weighted by Gasteiger charge is -2.12. The van der Waals surface area contributed by atoms with Crippen LogP contribution in [-0.4, -0.2) is 21.7 Å². The number of imidazole rings is 1. The van der Waals surface area contributed by atoms with Crippen LogP contribution >= 0.6 is 11.3 Å². The smallest absolute Gasteiger partial charge is 0.214 e. The maximum absolute atomic E-state index is 9.58. The van der Waals surface area contributed by atoms with Crippen molar-refractivity contribution in [2.45, 2.75) is 33.1 Å². The second kappa shape index (κ2) is 5.36. The van der Waals surface area contributed by atoms with Gasteiger partial charge in [0.1, 0.15) is 22.5 Å². The molecular formula is C17H18N4OS. The van der Waals surface area contributed by atoms with Crippen molar-refractivity contribution in [2.75, 3.05) is 7.11 Å². The molecule has 6 heteroatoms. The topological polar surface area (TPSA) is 63.2 Å². The van der Waals surface area contributed by atoms with E-state index in [1.54, 1.807) is 11.6 Å². The largest absolute Gasteiger partial charge is 0.496 e. The first-order chi connectivity index (χ1) is 10.8. The number of aryl methyl sites for hydroxylation is 1. The van der Waals surface area contributed by atoms with E-state index >= 15 is 0 Å². The molecule has 0 amide bonds. The number of nitrogens with zero attached hydrogens (tertiary/aromatic N) is 4. The number of hydrogen-bond donors (Lipinski definition) is 0. The van der Waals surface area contributed by atoms with E-state index in [0.29, 0.717) is 11.4 Å². The number of fused-ring (bicyclic) bond motifs is 1. The number of rotatable bonds is 2. The fourth-order valence-electron chi connectivity index (χ4n) is 2.38. The minimum atomic E-state index is -0.0606. The monoisotopic (exact) mass is 326 g/mol. The SMILES string of the molecule is COc1ccc(-c2nc3sc(C(C)(C)C)nn3c2C#N)cc1C. The predicted octanol–water partition coefficient (Wildman–Crippen LogP) is 3.94. The number of benzene rings is 1. The molecule has 2 heterocycles. The summed E-state index contributed by atoms with van der Waals surface area (Å²) in [7, 11) is 1.65. The molecule has 0 saturated carbocycles. The van der Waals surface area contributed by atoms with Gasteiger partial charge in [-0.3, -0.25) is 0 Å². The second-order valence-electron chi connectivity index (χ2n) is 6.46. The van der Waals surface area contributed by atoms with Crippen LogP contribution in [0.1, 0.15) is 37.0 Å². The van der Waals surface area contributed by atoms with Gasteiger partial charge in [0.2, 0.25) is 4.96 Å². The lowest BCUT2D eigenvalue weighted by Crippen LogP contribution is -2.11. The van der Waals surface area contributed by atoms with E-state index in [0.717, 1.165) is 26.8 Å². The Morgan fingerprint density at radius 1 is 1.30 bits per heavy atom. The Bertz CT molecular complexity index is 925. The fourth-order valence-corrected chi connectivity index (χ4v) is 3.34. The quantitative estimate of drug-likeness (QED) is 0.715. The standard InChI is InChI=1S/C17H18N4OS/c1-10-8-11(6-7-13(10)22-5)14-12(9-18)21-16(19-14)23-15(20-21)17(2,3)4/h6-8H,1-5H3. The van der Waals surface area contributed by atoms with Gasteiger partial charge in [-0.2, -0.15) is 14.9 Å². The summed E-state index contributed by atoms with van der Waals surface area (Å²) in [6, 6.07) is 8.04. The zero-order chi connectivity index (χ0) is 16.8. The number of nitriles is 1.